The molecule has 0 fully saturated rings. The van der Waals surface area contributed by atoms with Gasteiger partial charge in [-0.2, -0.15) is 0 Å². The van der Waals surface area contributed by atoms with Crippen LogP contribution in [-0.4, -0.2) is 27.6 Å². The summed E-state index contributed by atoms with van der Waals surface area (Å²) in [6.07, 6.45) is 1.69. The van der Waals surface area contributed by atoms with Crippen LogP contribution in [0.1, 0.15) is 53.8 Å². The Hall–Kier alpha value is -1.49. The maximum Gasteiger partial charge on any atom is 0.354 e. The van der Waals surface area contributed by atoms with Crippen molar-refractivity contribution in [3.8, 4) is 0 Å². The van der Waals surface area contributed by atoms with Crippen molar-refractivity contribution in [3.05, 3.63) is 22.8 Å². The first kappa shape index (κ1) is 12.0. The average Bonchev–Trinajstić information content (AvgIpc) is 2.36. The molecule has 1 atom stereocenters. The van der Waals surface area contributed by atoms with E-state index in [1.807, 2.05) is 6.92 Å². The summed E-state index contributed by atoms with van der Waals surface area (Å²) in [5, 5.41) is 12.4. The maximum absolute atomic E-state index is 11.2. The van der Waals surface area contributed by atoms with Crippen molar-refractivity contribution in [3.63, 3.8) is 0 Å². The molecule has 5 nitrogen and oxygen atoms in total. The first-order valence-electron chi connectivity index (χ1n) is 5.97. The summed E-state index contributed by atoms with van der Waals surface area (Å²) in [7, 11) is 0. The zero-order valence-electron chi connectivity index (χ0n) is 10.2. The van der Waals surface area contributed by atoms with Crippen molar-refractivity contribution in [1.29, 1.82) is 0 Å². The van der Waals surface area contributed by atoms with Crippen molar-refractivity contribution in [1.82, 2.24) is 15.3 Å². The van der Waals surface area contributed by atoms with Crippen LogP contribution in [0.5, 0.6) is 0 Å². The molecule has 0 saturated heterocycles. The lowest BCUT2D eigenvalue weighted by molar-refractivity contribution is 0.0687. The SMILES string of the molecule is CCC(C)c1nc2c(c(C(=O)O)n1)CNCC2. The molecule has 1 aliphatic rings. The lowest BCUT2D eigenvalue weighted by Crippen LogP contribution is -2.28. The van der Waals surface area contributed by atoms with E-state index in [1.54, 1.807) is 0 Å². The summed E-state index contributed by atoms with van der Waals surface area (Å²) in [5.41, 5.74) is 1.81. The number of hydrogen-bond acceptors (Lipinski definition) is 4. The highest BCUT2D eigenvalue weighted by molar-refractivity contribution is 5.87. The second kappa shape index (κ2) is 4.79. The first-order valence-corrected chi connectivity index (χ1v) is 5.97. The molecule has 92 valence electrons. The average molecular weight is 235 g/mol. The van der Waals surface area contributed by atoms with Crippen LogP contribution >= 0.6 is 0 Å². The van der Waals surface area contributed by atoms with Gasteiger partial charge >= 0.3 is 5.97 Å². The van der Waals surface area contributed by atoms with E-state index >= 15 is 0 Å². The van der Waals surface area contributed by atoms with Gasteiger partial charge in [0.2, 0.25) is 0 Å². The lowest BCUT2D eigenvalue weighted by Gasteiger charge is -2.19. The fourth-order valence-electron chi connectivity index (χ4n) is 1.94. The minimum absolute atomic E-state index is 0.164. The molecule has 2 N–H and O–H groups in total. The zero-order chi connectivity index (χ0) is 12.4. The standard InChI is InChI=1S/C12H17N3O2/c1-3-7(2)11-14-9-4-5-13-6-8(9)10(15-11)12(16)17/h7,13H,3-6H2,1-2H3,(H,16,17). The van der Waals surface area contributed by atoms with Crippen molar-refractivity contribution in [2.45, 2.75) is 39.2 Å². The van der Waals surface area contributed by atoms with E-state index in [0.29, 0.717) is 12.4 Å². The van der Waals surface area contributed by atoms with Crippen molar-refractivity contribution < 1.29 is 9.90 Å². The van der Waals surface area contributed by atoms with E-state index in [2.05, 4.69) is 22.2 Å². The predicted molar refractivity (Wildman–Crippen MR) is 63.1 cm³/mol. The van der Waals surface area contributed by atoms with Gasteiger partial charge in [0.15, 0.2) is 5.69 Å². The Labute approximate surface area is 100 Å². The number of carboxylic acid groups (broad SMARTS) is 1. The Morgan fingerprint density at radius 3 is 2.94 bits per heavy atom. The monoisotopic (exact) mass is 235 g/mol. The van der Waals surface area contributed by atoms with Gasteiger partial charge in [0, 0.05) is 31.0 Å². The van der Waals surface area contributed by atoms with E-state index in [4.69, 9.17) is 0 Å². The summed E-state index contributed by atoms with van der Waals surface area (Å²) in [6, 6.07) is 0. The fraction of sp³-hybridized carbons (Fsp3) is 0.583. The Morgan fingerprint density at radius 1 is 1.53 bits per heavy atom. The molecule has 0 bridgehead atoms. The molecule has 2 rings (SSSR count). The second-order valence-electron chi connectivity index (χ2n) is 4.40. The van der Waals surface area contributed by atoms with Gasteiger partial charge in [-0.3, -0.25) is 0 Å². The number of rotatable bonds is 3. The number of nitrogens with zero attached hydrogens (tertiary/aromatic N) is 2. The third kappa shape index (κ3) is 2.29. The van der Waals surface area contributed by atoms with Crippen molar-refractivity contribution in [2.24, 2.45) is 0 Å². The first-order chi connectivity index (χ1) is 8.13. The van der Waals surface area contributed by atoms with Crippen LogP contribution in [0.4, 0.5) is 0 Å². The molecule has 0 radical (unpaired) electrons. The summed E-state index contributed by atoms with van der Waals surface area (Å²) >= 11 is 0. The minimum Gasteiger partial charge on any atom is -0.476 e. The summed E-state index contributed by atoms with van der Waals surface area (Å²) in [4.78, 5) is 19.9. The van der Waals surface area contributed by atoms with Crippen LogP contribution in [0.2, 0.25) is 0 Å². The molecular weight excluding hydrogens is 218 g/mol. The quantitative estimate of drug-likeness (QED) is 0.826. The third-order valence-corrected chi connectivity index (χ3v) is 3.21. The number of carboxylic acids is 1. The van der Waals surface area contributed by atoms with Crippen molar-refractivity contribution >= 4 is 5.97 Å². The van der Waals surface area contributed by atoms with Crippen LogP contribution in [0.25, 0.3) is 0 Å². The Balaban J connectivity index is 2.52. The third-order valence-electron chi connectivity index (χ3n) is 3.21. The molecule has 1 aliphatic heterocycles. The van der Waals surface area contributed by atoms with Crippen LogP contribution in [-0.2, 0) is 13.0 Å². The predicted octanol–water partition coefficient (Wildman–Crippen LogP) is 1.33. The second-order valence-corrected chi connectivity index (χ2v) is 4.40. The highest BCUT2D eigenvalue weighted by atomic mass is 16.4. The number of aromatic carboxylic acids is 1. The smallest absolute Gasteiger partial charge is 0.354 e. The fourth-order valence-corrected chi connectivity index (χ4v) is 1.94. The van der Waals surface area contributed by atoms with Gasteiger partial charge in [-0.15, -0.1) is 0 Å². The van der Waals surface area contributed by atoms with Gasteiger partial charge in [0.1, 0.15) is 5.82 Å². The molecule has 1 unspecified atom stereocenters. The van der Waals surface area contributed by atoms with Gasteiger partial charge in [0.25, 0.3) is 0 Å². The van der Waals surface area contributed by atoms with Gasteiger partial charge in [-0.05, 0) is 6.42 Å². The van der Waals surface area contributed by atoms with E-state index in [0.717, 1.165) is 30.6 Å². The summed E-state index contributed by atoms with van der Waals surface area (Å²) < 4.78 is 0. The summed E-state index contributed by atoms with van der Waals surface area (Å²) in [5.74, 6) is -0.101. The maximum atomic E-state index is 11.2. The van der Waals surface area contributed by atoms with Gasteiger partial charge in [-0.1, -0.05) is 13.8 Å². The Morgan fingerprint density at radius 2 is 2.29 bits per heavy atom. The number of carbonyl (C=O) groups is 1. The number of nitrogens with one attached hydrogen (secondary N) is 1. The lowest BCUT2D eigenvalue weighted by atomic mass is 10.0. The molecule has 0 saturated carbocycles. The molecule has 0 aliphatic carbocycles. The number of aromatic nitrogens is 2. The van der Waals surface area contributed by atoms with E-state index in [-0.39, 0.29) is 11.6 Å². The highest BCUT2D eigenvalue weighted by Crippen LogP contribution is 2.21. The van der Waals surface area contributed by atoms with Gasteiger partial charge in [0.05, 0.1) is 5.69 Å². The largest absolute Gasteiger partial charge is 0.476 e. The van der Waals surface area contributed by atoms with Gasteiger partial charge < -0.3 is 10.4 Å². The molecule has 0 amide bonds. The van der Waals surface area contributed by atoms with E-state index < -0.39 is 5.97 Å². The molecule has 0 spiro atoms. The Bertz CT molecular complexity index is 446. The van der Waals surface area contributed by atoms with E-state index in [1.165, 1.54) is 0 Å². The molecule has 1 aromatic rings. The van der Waals surface area contributed by atoms with Crippen LogP contribution in [0, 0.1) is 0 Å². The zero-order valence-corrected chi connectivity index (χ0v) is 10.2. The van der Waals surface area contributed by atoms with E-state index in [9.17, 15) is 9.90 Å². The van der Waals surface area contributed by atoms with Crippen molar-refractivity contribution in [2.75, 3.05) is 6.54 Å². The molecular formula is C12H17N3O2. The number of fused-ring (bicyclic) bond motifs is 1. The molecule has 0 aromatic carbocycles. The highest BCUT2D eigenvalue weighted by Gasteiger charge is 2.22. The number of hydrogen-bond donors (Lipinski definition) is 2. The Kier molecular flexibility index (Phi) is 3.38. The topological polar surface area (TPSA) is 75.1 Å². The molecule has 1 aromatic heterocycles. The van der Waals surface area contributed by atoms with Crippen LogP contribution in [0.15, 0.2) is 0 Å². The van der Waals surface area contributed by atoms with Crippen LogP contribution in [0.3, 0.4) is 0 Å². The van der Waals surface area contributed by atoms with Crippen LogP contribution < -0.4 is 5.32 Å². The molecule has 5 heteroatoms. The van der Waals surface area contributed by atoms with Gasteiger partial charge in [-0.25, -0.2) is 14.8 Å². The molecule has 2 heterocycles. The minimum atomic E-state index is -0.961. The molecule has 17 heavy (non-hydrogen) atoms. The summed E-state index contributed by atoms with van der Waals surface area (Å²) in [6.45, 7) is 5.48. The normalized spacial score (nSPS) is 16.4.